The molecule has 11 nitrogen and oxygen atoms in total. The summed E-state index contributed by atoms with van der Waals surface area (Å²) < 4.78 is 33.8. The monoisotopic (exact) mass is 604 g/mol. The molecular formula is C32H48N2O9. The fourth-order valence-electron chi connectivity index (χ4n) is 5.67. The number of methoxy groups -OCH3 is 1. The Hall–Kier alpha value is -3.05. The number of amides is 1. The second kappa shape index (κ2) is 13.7. The smallest absolute Gasteiger partial charge is 0.497 e. The van der Waals surface area contributed by atoms with Gasteiger partial charge in [-0.25, -0.2) is 9.59 Å². The molecule has 3 aliphatic heterocycles. The van der Waals surface area contributed by atoms with Crippen molar-refractivity contribution in [2.75, 3.05) is 46.5 Å². The van der Waals surface area contributed by atoms with E-state index in [4.69, 9.17) is 28.4 Å². The molecule has 3 saturated heterocycles. The Morgan fingerprint density at radius 3 is 2.09 bits per heavy atom. The molecule has 3 fully saturated rings. The van der Waals surface area contributed by atoms with Crippen LogP contribution in [0.3, 0.4) is 0 Å². The van der Waals surface area contributed by atoms with Crippen molar-refractivity contribution >= 4 is 18.2 Å². The Labute approximate surface area is 255 Å². The number of ether oxygens (including phenoxy) is 6. The highest BCUT2D eigenvalue weighted by Crippen LogP contribution is 2.32. The third kappa shape index (κ3) is 9.47. The van der Waals surface area contributed by atoms with Crippen molar-refractivity contribution in [1.29, 1.82) is 0 Å². The van der Waals surface area contributed by atoms with Gasteiger partial charge in [-0.15, -0.1) is 0 Å². The lowest BCUT2D eigenvalue weighted by atomic mass is 9.94. The molecule has 1 amide bonds. The third-order valence-electron chi connectivity index (χ3n) is 7.79. The predicted molar refractivity (Wildman–Crippen MR) is 158 cm³/mol. The lowest BCUT2D eigenvalue weighted by Crippen LogP contribution is -2.54. The maximum absolute atomic E-state index is 13.5. The topological polar surface area (TPSA) is 113 Å². The zero-order chi connectivity index (χ0) is 31.4. The van der Waals surface area contributed by atoms with Gasteiger partial charge < -0.3 is 33.3 Å². The van der Waals surface area contributed by atoms with Crippen LogP contribution in [0.1, 0.15) is 59.9 Å². The van der Waals surface area contributed by atoms with E-state index in [-0.39, 0.29) is 18.4 Å². The Morgan fingerprint density at radius 1 is 0.884 bits per heavy atom. The average molecular weight is 605 g/mol. The zero-order valence-corrected chi connectivity index (χ0v) is 26.6. The molecule has 0 spiro atoms. The Balaban J connectivity index is 1.53. The largest absolute Gasteiger partial charge is 0.509 e. The number of rotatable bonds is 8. The predicted octanol–water partition coefficient (Wildman–Crippen LogP) is 4.45. The molecule has 43 heavy (non-hydrogen) atoms. The van der Waals surface area contributed by atoms with E-state index in [9.17, 15) is 14.4 Å². The fraction of sp³-hybridized carbons (Fsp3) is 0.719. The van der Waals surface area contributed by atoms with Gasteiger partial charge in [-0.05, 0) is 84.4 Å². The quantitative estimate of drug-likeness (QED) is 0.312. The number of benzene rings is 1. The molecule has 0 saturated carbocycles. The molecule has 1 aromatic rings. The minimum atomic E-state index is -0.937. The first-order valence-electron chi connectivity index (χ1n) is 15.2. The summed E-state index contributed by atoms with van der Waals surface area (Å²) in [5.74, 6) is 0.614. The van der Waals surface area contributed by atoms with Crippen LogP contribution in [0.15, 0.2) is 24.3 Å². The molecule has 0 N–H and O–H groups in total. The highest BCUT2D eigenvalue weighted by molar-refractivity contribution is 5.75. The molecule has 0 aromatic heterocycles. The van der Waals surface area contributed by atoms with Gasteiger partial charge in [0.1, 0.15) is 17.0 Å². The summed E-state index contributed by atoms with van der Waals surface area (Å²) in [5, 5.41) is 0. The lowest BCUT2D eigenvalue weighted by Gasteiger charge is -2.41. The summed E-state index contributed by atoms with van der Waals surface area (Å²) in [4.78, 5) is 43.5. The standard InChI is InChI=1S/C32H48N2O9/c1-31(2,3)42-29(36)34-20-26(40-30(37)43-32(4,5)6)27(25(34)16-21-8-10-24(38-7)11-9-21)41-28(35)23-18-33(19-23)17-22-12-14-39-15-13-22/h8-11,22-23,25-27H,12-20H2,1-7H3/t25-,26+,27+/m1/s1. The van der Waals surface area contributed by atoms with Crippen molar-refractivity contribution in [3.63, 3.8) is 0 Å². The molecule has 3 aliphatic rings. The molecule has 240 valence electrons. The molecule has 0 unspecified atom stereocenters. The lowest BCUT2D eigenvalue weighted by molar-refractivity contribution is -0.167. The summed E-state index contributed by atoms with van der Waals surface area (Å²) >= 11 is 0. The minimum absolute atomic E-state index is 0.00648. The highest BCUT2D eigenvalue weighted by atomic mass is 16.7. The van der Waals surface area contributed by atoms with E-state index in [1.165, 1.54) is 4.90 Å². The van der Waals surface area contributed by atoms with Crippen molar-refractivity contribution in [2.24, 2.45) is 11.8 Å². The molecular weight excluding hydrogens is 556 g/mol. The number of likely N-dealkylation sites (tertiary alicyclic amines) is 2. The number of hydrogen-bond donors (Lipinski definition) is 0. The van der Waals surface area contributed by atoms with Crippen molar-refractivity contribution in [1.82, 2.24) is 9.80 Å². The van der Waals surface area contributed by atoms with Gasteiger partial charge in [-0.2, -0.15) is 0 Å². The van der Waals surface area contributed by atoms with Gasteiger partial charge in [-0.3, -0.25) is 9.69 Å². The van der Waals surface area contributed by atoms with Crippen LogP contribution in [0.5, 0.6) is 5.75 Å². The van der Waals surface area contributed by atoms with Crippen molar-refractivity contribution in [2.45, 2.75) is 90.3 Å². The summed E-state index contributed by atoms with van der Waals surface area (Å²) in [6.45, 7) is 14.3. The van der Waals surface area contributed by atoms with Crippen LogP contribution in [0.4, 0.5) is 9.59 Å². The number of carbonyl (C=O) groups excluding carboxylic acids is 3. The molecule has 0 aliphatic carbocycles. The first-order chi connectivity index (χ1) is 20.2. The summed E-state index contributed by atoms with van der Waals surface area (Å²) in [6.07, 6.45) is -0.911. The zero-order valence-electron chi connectivity index (χ0n) is 26.6. The van der Waals surface area contributed by atoms with Gasteiger partial charge in [0.15, 0.2) is 12.2 Å². The van der Waals surface area contributed by atoms with Crippen LogP contribution >= 0.6 is 0 Å². The van der Waals surface area contributed by atoms with Crippen LogP contribution in [0.2, 0.25) is 0 Å². The SMILES string of the molecule is COc1ccc(C[C@@H]2[C@H](OC(=O)C3CN(CC4CCOCC4)C3)[C@@H](OC(=O)OC(C)(C)C)CN2C(=O)OC(C)(C)C)cc1. The van der Waals surface area contributed by atoms with E-state index in [2.05, 4.69) is 4.90 Å². The number of hydrogen-bond acceptors (Lipinski definition) is 10. The van der Waals surface area contributed by atoms with Crippen LogP contribution < -0.4 is 4.74 Å². The maximum atomic E-state index is 13.5. The van der Waals surface area contributed by atoms with Crippen molar-refractivity contribution < 1.29 is 42.8 Å². The van der Waals surface area contributed by atoms with Crippen LogP contribution in [-0.2, 0) is 34.9 Å². The third-order valence-corrected chi connectivity index (χ3v) is 7.79. The van der Waals surface area contributed by atoms with Crippen molar-refractivity contribution in [3.05, 3.63) is 29.8 Å². The molecule has 0 bridgehead atoms. The summed E-state index contributed by atoms with van der Waals surface area (Å²) in [6, 6.07) is 6.82. The van der Waals surface area contributed by atoms with Crippen LogP contribution in [0, 0.1) is 11.8 Å². The average Bonchev–Trinajstić information content (AvgIpc) is 3.21. The second-order valence-corrected chi connectivity index (χ2v) is 13.7. The minimum Gasteiger partial charge on any atom is -0.497 e. The van der Waals surface area contributed by atoms with E-state index in [1.54, 1.807) is 48.7 Å². The second-order valence-electron chi connectivity index (χ2n) is 13.7. The van der Waals surface area contributed by atoms with E-state index in [1.807, 2.05) is 24.3 Å². The molecule has 3 atom stereocenters. The summed E-state index contributed by atoms with van der Waals surface area (Å²) in [5.41, 5.74) is -0.642. The van der Waals surface area contributed by atoms with E-state index >= 15 is 0 Å². The van der Waals surface area contributed by atoms with Crippen LogP contribution in [0.25, 0.3) is 0 Å². The first-order valence-corrected chi connectivity index (χ1v) is 15.2. The maximum Gasteiger partial charge on any atom is 0.509 e. The molecule has 11 heteroatoms. The summed E-state index contributed by atoms with van der Waals surface area (Å²) in [7, 11) is 1.59. The molecule has 0 radical (unpaired) electrons. The highest BCUT2D eigenvalue weighted by Gasteiger charge is 2.51. The molecule has 3 heterocycles. The molecule has 1 aromatic carbocycles. The van der Waals surface area contributed by atoms with E-state index in [0.29, 0.717) is 31.2 Å². The number of nitrogens with zero attached hydrogens (tertiary/aromatic N) is 2. The number of esters is 1. The van der Waals surface area contributed by atoms with Gasteiger partial charge in [0.2, 0.25) is 0 Å². The van der Waals surface area contributed by atoms with Gasteiger partial charge in [0.05, 0.1) is 25.6 Å². The fourth-order valence-corrected chi connectivity index (χ4v) is 5.67. The van der Waals surface area contributed by atoms with Gasteiger partial charge in [-0.1, -0.05) is 12.1 Å². The Kier molecular flexibility index (Phi) is 10.5. The van der Waals surface area contributed by atoms with E-state index < -0.39 is 41.7 Å². The van der Waals surface area contributed by atoms with Crippen molar-refractivity contribution in [3.8, 4) is 5.75 Å². The van der Waals surface area contributed by atoms with Crippen LogP contribution in [-0.4, -0.2) is 104 Å². The van der Waals surface area contributed by atoms with Gasteiger partial charge in [0.25, 0.3) is 0 Å². The van der Waals surface area contributed by atoms with E-state index in [0.717, 1.165) is 38.2 Å². The Morgan fingerprint density at radius 2 is 1.51 bits per heavy atom. The Bertz CT molecular complexity index is 1100. The first kappa shape index (κ1) is 32.9. The number of carbonyl (C=O) groups is 3. The molecule has 4 rings (SSSR count). The van der Waals surface area contributed by atoms with Gasteiger partial charge in [0, 0.05) is 32.8 Å². The normalized spacial score (nSPS) is 23.8. The van der Waals surface area contributed by atoms with Gasteiger partial charge >= 0.3 is 18.2 Å².